The number of amides is 2. The van der Waals surface area contributed by atoms with Gasteiger partial charge in [-0.3, -0.25) is 9.59 Å². The van der Waals surface area contributed by atoms with Gasteiger partial charge in [0.05, 0.1) is 6.10 Å². The predicted octanol–water partition coefficient (Wildman–Crippen LogP) is 0.911. The van der Waals surface area contributed by atoms with Crippen molar-refractivity contribution in [3.05, 3.63) is 0 Å². The van der Waals surface area contributed by atoms with Crippen LogP contribution in [0.5, 0.6) is 0 Å². The highest BCUT2D eigenvalue weighted by molar-refractivity contribution is 5.82. The van der Waals surface area contributed by atoms with E-state index in [1.54, 1.807) is 6.92 Å². The summed E-state index contributed by atoms with van der Waals surface area (Å²) in [7, 11) is 0. The quantitative estimate of drug-likeness (QED) is 0.787. The Morgan fingerprint density at radius 2 is 1.75 bits per heavy atom. The van der Waals surface area contributed by atoms with Gasteiger partial charge in [-0.15, -0.1) is 0 Å². The van der Waals surface area contributed by atoms with E-state index < -0.39 is 6.10 Å². The zero-order valence-electron chi connectivity index (χ0n) is 12.5. The van der Waals surface area contributed by atoms with Crippen LogP contribution in [0.3, 0.4) is 0 Å². The van der Waals surface area contributed by atoms with Crippen molar-refractivity contribution in [1.29, 1.82) is 0 Å². The van der Waals surface area contributed by atoms with Crippen LogP contribution in [-0.2, 0) is 9.59 Å². The molecule has 1 heterocycles. The molecule has 0 bridgehead atoms. The Hall–Kier alpha value is -1.10. The van der Waals surface area contributed by atoms with Crippen molar-refractivity contribution >= 4 is 11.8 Å². The fourth-order valence-electron chi connectivity index (χ4n) is 2.88. The summed E-state index contributed by atoms with van der Waals surface area (Å²) >= 11 is 0. The molecule has 0 radical (unpaired) electrons. The van der Waals surface area contributed by atoms with Crippen molar-refractivity contribution in [3.63, 3.8) is 0 Å². The molecule has 20 heavy (non-hydrogen) atoms. The van der Waals surface area contributed by atoms with Crippen LogP contribution in [-0.4, -0.2) is 47.1 Å². The van der Waals surface area contributed by atoms with E-state index in [0.717, 1.165) is 25.7 Å². The molecule has 2 rings (SSSR count). The molecular formula is C15H26N2O3. The van der Waals surface area contributed by atoms with Crippen LogP contribution in [0.4, 0.5) is 0 Å². The molecule has 2 unspecified atom stereocenters. The van der Waals surface area contributed by atoms with Crippen LogP contribution in [0.25, 0.3) is 0 Å². The van der Waals surface area contributed by atoms with Gasteiger partial charge < -0.3 is 15.3 Å². The molecule has 1 saturated heterocycles. The van der Waals surface area contributed by atoms with Gasteiger partial charge in [0.15, 0.2) is 0 Å². The van der Waals surface area contributed by atoms with Gasteiger partial charge >= 0.3 is 0 Å². The average molecular weight is 282 g/mol. The molecule has 1 aliphatic carbocycles. The van der Waals surface area contributed by atoms with E-state index in [9.17, 15) is 14.7 Å². The van der Waals surface area contributed by atoms with E-state index >= 15 is 0 Å². The number of carbonyl (C=O) groups excluding carboxylic acids is 2. The average Bonchev–Trinajstić information content (AvgIpc) is 3.21. The maximum Gasteiger partial charge on any atom is 0.225 e. The molecule has 5 heteroatoms. The summed E-state index contributed by atoms with van der Waals surface area (Å²) in [4.78, 5) is 26.0. The number of aliphatic hydroxyl groups is 1. The van der Waals surface area contributed by atoms with Crippen LogP contribution >= 0.6 is 0 Å². The fourth-order valence-corrected chi connectivity index (χ4v) is 2.88. The molecule has 2 fully saturated rings. The predicted molar refractivity (Wildman–Crippen MR) is 75.9 cm³/mol. The van der Waals surface area contributed by atoms with Crippen LogP contribution < -0.4 is 5.32 Å². The number of aliphatic hydroxyl groups excluding tert-OH is 1. The maximum absolute atomic E-state index is 12.1. The first-order chi connectivity index (χ1) is 9.47. The second kappa shape index (κ2) is 6.57. The molecule has 114 valence electrons. The first-order valence-corrected chi connectivity index (χ1v) is 7.74. The number of nitrogens with zero attached hydrogens (tertiary/aromatic N) is 1. The molecule has 5 nitrogen and oxygen atoms in total. The summed E-state index contributed by atoms with van der Waals surface area (Å²) in [6.07, 6.45) is 3.76. The summed E-state index contributed by atoms with van der Waals surface area (Å²) in [6, 6.07) is -0.00590. The number of nitrogens with one attached hydrogen (secondary N) is 1. The monoisotopic (exact) mass is 282 g/mol. The molecule has 0 spiro atoms. The van der Waals surface area contributed by atoms with E-state index in [-0.39, 0.29) is 29.7 Å². The van der Waals surface area contributed by atoms with Crippen molar-refractivity contribution in [3.8, 4) is 0 Å². The van der Waals surface area contributed by atoms with E-state index in [0.29, 0.717) is 19.5 Å². The SMILES string of the molecule is CC(O)CC(C)NC(=O)C1CCN(C(=O)C2CC2)CC1. The largest absolute Gasteiger partial charge is 0.393 e. The second-order valence-corrected chi connectivity index (χ2v) is 6.37. The van der Waals surface area contributed by atoms with Gasteiger partial charge in [-0.1, -0.05) is 0 Å². The molecule has 2 atom stereocenters. The fraction of sp³-hybridized carbons (Fsp3) is 0.867. The lowest BCUT2D eigenvalue weighted by Gasteiger charge is -2.32. The maximum atomic E-state index is 12.1. The molecular weight excluding hydrogens is 256 g/mol. The Kier molecular flexibility index (Phi) is 5.02. The number of piperidine rings is 1. The first kappa shape index (κ1) is 15.3. The van der Waals surface area contributed by atoms with Crippen molar-refractivity contribution in [2.45, 2.75) is 58.1 Å². The summed E-state index contributed by atoms with van der Waals surface area (Å²) in [6.45, 7) is 5.05. The van der Waals surface area contributed by atoms with Crippen LogP contribution in [0.15, 0.2) is 0 Å². The highest BCUT2D eigenvalue weighted by atomic mass is 16.3. The third-order valence-corrected chi connectivity index (χ3v) is 4.19. The summed E-state index contributed by atoms with van der Waals surface area (Å²) in [5, 5.41) is 12.3. The van der Waals surface area contributed by atoms with Crippen molar-refractivity contribution in [1.82, 2.24) is 10.2 Å². The molecule has 0 aromatic carbocycles. The van der Waals surface area contributed by atoms with Gasteiger partial charge in [0.25, 0.3) is 0 Å². The van der Waals surface area contributed by atoms with Crippen molar-refractivity contribution < 1.29 is 14.7 Å². The van der Waals surface area contributed by atoms with Crippen LogP contribution in [0, 0.1) is 11.8 Å². The molecule has 2 N–H and O–H groups in total. The van der Waals surface area contributed by atoms with E-state index in [2.05, 4.69) is 5.32 Å². The first-order valence-electron chi connectivity index (χ1n) is 7.74. The molecule has 2 amide bonds. The third-order valence-electron chi connectivity index (χ3n) is 4.19. The second-order valence-electron chi connectivity index (χ2n) is 6.37. The third kappa shape index (κ3) is 4.20. The molecule has 2 aliphatic rings. The van der Waals surface area contributed by atoms with Gasteiger partial charge in [0, 0.05) is 31.0 Å². The van der Waals surface area contributed by atoms with Gasteiger partial charge in [-0.25, -0.2) is 0 Å². The number of hydrogen-bond acceptors (Lipinski definition) is 3. The van der Waals surface area contributed by atoms with Gasteiger partial charge in [0.2, 0.25) is 11.8 Å². The minimum absolute atomic E-state index is 0.00590. The van der Waals surface area contributed by atoms with Crippen molar-refractivity contribution in [2.24, 2.45) is 11.8 Å². The Morgan fingerprint density at radius 3 is 2.25 bits per heavy atom. The van der Waals surface area contributed by atoms with Gasteiger partial charge in [-0.2, -0.15) is 0 Å². The lowest BCUT2D eigenvalue weighted by molar-refractivity contribution is -0.136. The minimum atomic E-state index is -0.400. The number of likely N-dealkylation sites (tertiary alicyclic amines) is 1. The van der Waals surface area contributed by atoms with E-state index in [4.69, 9.17) is 0 Å². The lowest BCUT2D eigenvalue weighted by Crippen LogP contribution is -2.45. The van der Waals surface area contributed by atoms with Gasteiger partial charge in [0.1, 0.15) is 0 Å². The zero-order chi connectivity index (χ0) is 14.7. The Labute approximate surface area is 120 Å². The van der Waals surface area contributed by atoms with Crippen LogP contribution in [0.1, 0.15) is 46.0 Å². The van der Waals surface area contributed by atoms with E-state index in [1.807, 2.05) is 11.8 Å². The number of hydrogen-bond donors (Lipinski definition) is 2. The van der Waals surface area contributed by atoms with Gasteiger partial charge in [-0.05, 0) is 46.0 Å². The smallest absolute Gasteiger partial charge is 0.225 e. The molecule has 0 aromatic rings. The number of carbonyl (C=O) groups is 2. The Morgan fingerprint density at radius 1 is 1.15 bits per heavy atom. The number of rotatable bonds is 5. The molecule has 1 aliphatic heterocycles. The normalized spacial score (nSPS) is 23.2. The summed E-state index contributed by atoms with van der Waals surface area (Å²) < 4.78 is 0. The van der Waals surface area contributed by atoms with E-state index in [1.165, 1.54) is 0 Å². The molecule has 1 saturated carbocycles. The minimum Gasteiger partial charge on any atom is -0.393 e. The lowest BCUT2D eigenvalue weighted by atomic mass is 9.95. The Bertz CT molecular complexity index is 358. The highest BCUT2D eigenvalue weighted by Crippen LogP contribution is 2.32. The summed E-state index contributed by atoms with van der Waals surface area (Å²) in [5.74, 6) is 0.629. The molecule has 0 aromatic heterocycles. The van der Waals surface area contributed by atoms with Crippen LogP contribution in [0.2, 0.25) is 0 Å². The Balaban J connectivity index is 1.72. The highest BCUT2D eigenvalue weighted by Gasteiger charge is 2.36. The summed E-state index contributed by atoms with van der Waals surface area (Å²) in [5.41, 5.74) is 0. The topological polar surface area (TPSA) is 69.6 Å². The standard InChI is InChI=1S/C15H26N2O3/c1-10(9-11(2)18)16-14(19)12-5-7-17(8-6-12)15(20)13-3-4-13/h10-13,18H,3-9H2,1-2H3,(H,16,19). The van der Waals surface area contributed by atoms with Crippen molar-refractivity contribution in [2.75, 3.05) is 13.1 Å². The zero-order valence-corrected chi connectivity index (χ0v) is 12.5.